The maximum Gasteiger partial charge on any atom is 0.242 e. The first-order valence-corrected chi connectivity index (χ1v) is 7.26. The van der Waals surface area contributed by atoms with Crippen LogP contribution >= 0.6 is 15.9 Å². The van der Waals surface area contributed by atoms with E-state index in [1.165, 1.54) is 0 Å². The number of carbonyl (C=O) groups excluding carboxylic acids is 2. The fraction of sp³-hybridized carbons (Fsp3) is 0.429. The fourth-order valence-electron chi connectivity index (χ4n) is 2.11. The van der Waals surface area contributed by atoms with Crippen molar-refractivity contribution in [2.45, 2.75) is 31.7 Å². The lowest BCUT2D eigenvalue weighted by molar-refractivity contribution is -0.128. The van der Waals surface area contributed by atoms with Crippen LogP contribution in [0.5, 0.6) is 0 Å². The van der Waals surface area contributed by atoms with Gasteiger partial charge in [0.2, 0.25) is 11.8 Å². The summed E-state index contributed by atoms with van der Waals surface area (Å²) in [6.07, 6.45) is 2.96. The van der Waals surface area contributed by atoms with Gasteiger partial charge >= 0.3 is 0 Å². The van der Waals surface area contributed by atoms with Gasteiger partial charge in [0, 0.05) is 11.0 Å². The summed E-state index contributed by atoms with van der Waals surface area (Å²) in [6, 6.07) is 7.22. The molecule has 19 heavy (non-hydrogen) atoms. The molecule has 1 fully saturated rings. The minimum atomic E-state index is -0.384. The Morgan fingerprint density at radius 3 is 2.79 bits per heavy atom. The standard InChI is InChI=1S/C14H17BrN2O2/c15-11-6-4-10(5-7-11)9-13(18)17-12-3-1-2-8-16-14(12)19/h4-7,12H,1-3,8-9H2,(H,16,19)(H,17,18)/t12-/m1/s1. The van der Waals surface area contributed by atoms with Gasteiger partial charge in [-0.05, 0) is 37.0 Å². The number of nitrogens with one attached hydrogen (secondary N) is 2. The number of amides is 2. The van der Waals surface area contributed by atoms with E-state index in [2.05, 4.69) is 26.6 Å². The van der Waals surface area contributed by atoms with Crippen LogP contribution < -0.4 is 10.6 Å². The van der Waals surface area contributed by atoms with Crippen molar-refractivity contribution in [3.63, 3.8) is 0 Å². The van der Waals surface area contributed by atoms with E-state index in [0.717, 1.165) is 29.3 Å². The molecule has 2 amide bonds. The summed E-state index contributed by atoms with van der Waals surface area (Å²) in [7, 11) is 0. The Hall–Kier alpha value is -1.36. The molecule has 1 aromatic rings. The molecule has 5 heteroatoms. The van der Waals surface area contributed by atoms with Gasteiger partial charge in [0.25, 0.3) is 0 Å². The van der Waals surface area contributed by atoms with Crippen molar-refractivity contribution in [1.82, 2.24) is 10.6 Å². The van der Waals surface area contributed by atoms with Crippen molar-refractivity contribution in [1.29, 1.82) is 0 Å². The maximum atomic E-state index is 11.9. The summed E-state index contributed by atoms with van der Waals surface area (Å²) in [5.41, 5.74) is 0.940. The molecule has 0 aromatic heterocycles. The third-order valence-corrected chi connectivity index (χ3v) is 3.68. The van der Waals surface area contributed by atoms with Crippen LogP contribution in [0.15, 0.2) is 28.7 Å². The van der Waals surface area contributed by atoms with Crippen LogP contribution in [0.2, 0.25) is 0 Å². The number of carbonyl (C=O) groups is 2. The summed E-state index contributed by atoms with van der Waals surface area (Å²) in [6.45, 7) is 0.706. The average Bonchev–Trinajstić information content (AvgIpc) is 2.58. The molecule has 1 atom stereocenters. The Balaban J connectivity index is 1.89. The Morgan fingerprint density at radius 1 is 1.32 bits per heavy atom. The summed E-state index contributed by atoms with van der Waals surface area (Å²) in [5.74, 6) is -0.175. The number of halogens is 1. The summed E-state index contributed by atoms with van der Waals surface area (Å²) in [5, 5.41) is 5.62. The van der Waals surface area contributed by atoms with Gasteiger partial charge in [-0.15, -0.1) is 0 Å². The van der Waals surface area contributed by atoms with E-state index in [9.17, 15) is 9.59 Å². The van der Waals surface area contributed by atoms with Crippen molar-refractivity contribution in [2.75, 3.05) is 6.54 Å². The van der Waals surface area contributed by atoms with Crippen molar-refractivity contribution in [3.8, 4) is 0 Å². The molecule has 0 saturated carbocycles. The van der Waals surface area contributed by atoms with Gasteiger partial charge in [0.15, 0.2) is 0 Å². The first-order valence-electron chi connectivity index (χ1n) is 6.46. The first-order chi connectivity index (χ1) is 9.15. The van der Waals surface area contributed by atoms with E-state index >= 15 is 0 Å². The molecule has 0 aliphatic carbocycles. The highest BCUT2D eigenvalue weighted by molar-refractivity contribution is 9.10. The lowest BCUT2D eigenvalue weighted by Crippen LogP contribution is -2.45. The smallest absolute Gasteiger partial charge is 0.242 e. The van der Waals surface area contributed by atoms with Gasteiger partial charge in [-0.2, -0.15) is 0 Å². The molecule has 1 aliphatic heterocycles. The van der Waals surface area contributed by atoms with E-state index in [1.807, 2.05) is 24.3 Å². The Labute approximate surface area is 121 Å². The number of hydrogen-bond acceptors (Lipinski definition) is 2. The largest absolute Gasteiger partial charge is 0.354 e. The zero-order valence-electron chi connectivity index (χ0n) is 10.6. The third kappa shape index (κ3) is 4.35. The molecule has 2 rings (SSSR count). The SMILES string of the molecule is O=C(Cc1ccc(Br)cc1)N[C@@H]1CCCCNC1=O. The molecule has 1 aliphatic rings. The molecule has 0 radical (unpaired) electrons. The molecule has 1 heterocycles. The number of rotatable bonds is 3. The normalized spacial score (nSPS) is 19.4. The van der Waals surface area contributed by atoms with E-state index in [-0.39, 0.29) is 17.9 Å². The Morgan fingerprint density at radius 2 is 2.05 bits per heavy atom. The van der Waals surface area contributed by atoms with Gasteiger partial charge in [-0.3, -0.25) is 9.59 Å². The topological polar surface area (TPSA) is 58.2 Å². The van der Waals surface area contributed by atoms with Crippen molar-refractivity contribution in [2.24, 2.45) is 0 Å². The predicted molar refractivity (Wildman–Crippen MR) is 76.6 cm³/mol. The third-order valence-electron chi connectivity index (χ3n) is 3.15. The summed E-state index contributed by atoms with van der Waals surface area (Å²) in [4.78, 5) is 23.6. The minimum absolute atomic E-state index is 0.0679. The average molecular weight is 325 g/mol. The second-order valence-electron chi connectivity index (χ2n) is 4.71. The van der Waals surface area contributed by atoms with Crippen molar-refractivity contribution < 1.29 is 9.59 Å². The van der Waals surface area contributed by atoms with Gasteiger partial charge in [0.05, 0.1) is 6.42 Å². The van der Waals surface area contributed by atoms with Gasteiger partial charge in [-0.1, -0.05) is 28.1 Å². The molecule has 0 bridgehead atoms. The molecule has 1 saturated heterocycles. The molecule has 2 N–H and O–H groups in total. The van der Waals surface area contributed by atoms with Gasteiger partial charge in [0.1, 0.15) is 6.04 Å². The second-order valence-corrected chi connectivity index (χ2v) is 5.63. The van der Waals surface area contributed by atoms with Crippen molar-refractivity contribution >= 4 is 27.7 Å². The maximum absolute atomic E-state index is 11.9. The zero-order chi connectivity index (χ0) is 13.7. The predicted octanol–water partition coefficient (Wildman–Crippen LogP) is 1.78. The van der Waals surface area contributed by atoms with E-state index < -0.39 is 0 Å². The summed E-state index contributed by atoms with van der Waals surface area (Å²) >= 11 is 3.35. The van der Waals surface area contributed by atoms with Crippen LogP contribution in [0, 0.1) is 0 Å². The van der Waals surface area contributed by atoms with Gasteiger partial charge in [-0.25, -0.2) is 0 Å². The van der Waals surface area contributed by atoms with Crippen LogP contribution in [0.25, 0.3) is 0 Å². The number of benzene rings is 1. The van der Waals surface area contributed by atoms with E-state index in [1.54, 1.807) is 0 Å². The van der Waals surface area contributed by atoms with Crippen LogP contribution in [0.3, 0.4) is 0 Å². The minimum Gasteiger partial charge on any atom is -0.354 e. The highest BCUT2D eigenvalue weighted by atomic mass is 79.9. The van der Waals surface area contributed by atoms with Gasteiger partial charge < -0.3 is 10.6 Å². The van der Waals surface area contributed by atoms with Crippen LogP contribution in [-0.4, -0.2) is 24.4 Å². The molecule has 0 spiro atoms. The molecule has 102 valence electrons. The second kappa shape index (κ2) is 6.70. The lowest BCUT2D eigenvalue weighted by atomic mass is 10.1. The molecular weight excluding hydrogens is 308 g/mol. The Bertz CT molecular complexity index is 459. The fourth-order valence-corrected chi connectivity index (χ4v) is 2.37. The molecule has 4 nitrogen and oxygen atoms in total. The first kappa shape index (κ1) is 14.1. The zero-order valence-corrected chi connectivity index (χ0v) is 12.2. The summed E-state index contributed by atoms with van der Waals surface area (Å²) < 4.78 is 0.986. The Kier molecular flexibility index (Phi) is 4.96. The lowest BCUT2D eigenvalue weighted by Gasteiger charge is -2.15. The van der Waals surface area contributed by atoms with Crippen molar-refractivity contribution in [3.05, 3.63) is 34.3 Å². The van der Waals surface area contributed by atoms with Crippen LogP contribution in [0.1, 0.15) is 24.8 Å². The molecule has 1 aromatic carbocycles. The highest BCUT2D eigenvalue weighted by Gasteiger charge is 2.22. The van der Waals surface area contributed by atoms with Crippen LogP contribution in [0.4, 0.5) is 0 Å². The van der Waals surface area contributed by atoms with Crippen LogP contribution in [-0.2, 0) is 16.0 Å². The molecular formula is C14H17BrN2O2. The monoisotopic (exact) mass is 324 g/mol. The van der Waals surface area contributed by atoms with E-state index in [0.29, 0.717) is 13.0 Å². The number of hydrogen-bond donors (Lipinski definition) is 2. The molecule has 0 unspecified atom stereocenters. The quantitative estimate of drug-likeness (QED) is 0.890. The van der Waals surface area contributed by atoms with E-state index in [4.69, 9.17) is 0 Å². The highest BCUT2D eigenvalue weighted by Crippen LogP contribution is 2.11.